The third-order valence-corrected chi connectivity index (χ3v) is 4.06. The van der Waals surface area contributed by atoms with Crippen molar-refractivity contribution in [2.75, 3.05) is 0 Å². The molecule has 0 aliphatic carbocycles. The molecule has 0 spiro atoms. The van der Waals surface area contributed by atoms with E-state index in [4.69, 9.17) is 5.21 Å². The summed E-state index contributed by atoms with van der Waals surface area (Å²) >= 11 is 0. The summed E-state index contributed by atoms with van der Waals surface area (Å²) in [5, 5.41) is 8.91. The molecule has 0 radical (unpaired) electrons. The molecule has 0 saturated heterocycles. The molecule has 0 aliphatic heterocycles. The SMILES string of the molecule is CCCCCCCC(C)(CCCCCC)C(=O)NO. The molecule has 19 heavy (non-hydrogen) atoms. The van der Waals surface area contributed by atoms with Gasteiger partial charge in [-0.05, 0) is 12.8 Å². The molecule has 0 heterocycles. The standard InChI is InChI=1S/C16H33NO2/c1-4-6-8-10-12-14-16(3,15(18)17-19)13-11-9-7-5-2/h19H,4-14H2,1-3H3,(H,17,18). The van der Waals surface area contributed by atoms with Gasteiger partial charge in [0.2, 0.25) is 5.91 Å². The van der Waals surface area contributed by atoms with E-state index < -0.39 is 5.41 Å². The number of hydroxylamine groups is 1. The Kier molecular flexibility index (Phi) is 10.9. The number of unbranched alkanes of at least 4 members (excludes halogenated alkanes) is 7. The highest BCUT2D eigenvalue weighted by Crippen LogP contribution is 2.31. The van der Waals surface area contributed by atoms with Gasteiger partial charge in [0.05, 0.1) is 0 Å². The van der Waals surface area contributed by atoms with E-state index in [0.717, 1.165) is 25.7 Å². The van der Waals surface area contributed by atoms with E-state index in [9.17, 15) is 4.79 Å². The van der Waals surface area contributed by atoms with Crippen LogP contribution in [-0.4, -0.2) is 11.1 Å². The van der Waals surface area contributed by atoms with Crippen molar-refractivity contribution in [1.29, 1.82) is 0 Å². The van der Waals surface area contributed by atoms with Crippen LogP contribution < -0.4 is 5.48 Å². The topological polar surface area (TPSA) is 49.3 Å². The normalized spacial score (nSPS) is 14.1. The largest absolute Gasteiger partial charge is 0.289 e. The van der Waals surface area contributed by atoms with Crippen LogP contribution in [0, 0.1) is 5.41 Å². The fourth-order valence-electron chi connectivity index (χ4n) is 2.55. The van der Waals surface area contributed by atoms with Gasteiger partial charge in [-0.2, -0.15) is 0 Å². The molecule has 0 aromatic heterocycles. The molecule has 0 aromatic carbocycles. The molecule has 114 valence electrons. The average molecular weight is 271 g/mol. The highest BCUT2D eigenvalue weighted by Gasteiger charge is 2.31. The van der Waals surface area contributed by atoms with Crippen molar-refractivity contribution in [3.05, 3.63) is 0 Å². The van der Waals surface area contributed by atoms with Crippen LogP contribution in [0.25, 0.3) is 0 Å². The van der Waals surface area contributed by atoms with Gasteiger partial charge in [0.15, 0.2) is 0 Å². The summed E-state index contributed by atoms with van der Waals surface area (Å²) in [5.74, 6) is -0.209. The molecule has 3 heteroatoms. The van der Waals surface area contributed by atoms with Crippen molar-refractivity contribution in [3.63, 3.8) is 0 Å². The molecule has 0 aliphatic rings. The van der Waals surface area contributed by atoms with Crippen LogP contribution in [-0.2, 0) is 4.79 Å². The zero-order valence-corrected chi connectivity index (χ0v) is 13.1. The first-order chi connectivity index (χ1) is 9.10. The Morgan fingerprint density at radius 2 is 1.32 bits per heavy atom. The minimum atomic E-state index is -0.394. The molecule has 0 bridgehead atoms. The molecular weight excluding hydrogens is 238 g/mol. The van der Waals surface area contributed by atoms with Crippen molar-refractivity contribution in [1.82, 2.24) is 5.48 Å². The molecule has 1 atom stereocenters. The van der Waals surface area contributed by atoms with E-state index in [-0.39, 0.29) is 5.91 Å². The van der Waals surface area contributed by atoms with Crippen LogP contribution in [0.15, 0.2) is 0 Å². The smallest absolute Gasteiger partial charge is 0.249 e. The van der Waals surface area contributed by atoms with E-state index in [1.165, 1.54) is 44.9 Å². The van der Waals surface area contributed by atoms with Gasteiger partial charge in [-0.3, -0.25) is 10.0 Å². The molecule has 1 unspecified atom stereocenters. The van der Waals surface area contributed by atoms with E-state index in [2.05, 4.69) is 13.8 Å². The predicted molar refractivity (Wildman–Crippen MR) is 80.2 cm³/mol. The second-order valence-electron chi connectivity index (χ2n) is 5.98. The summed E-state index contributed by atoms with van der Waals surface area (Å²) < 4.78 is 0. The van der Waals surface area contributed by atoms with Gasteiger partial charge in [-0.15, -0.1) is 0 Å². The number of hydrogen-bond acceptors (Lipinski definition) is 2. The number of carbonyl (C=O) groups excluding carboxylic acids is 1. The van der Waals surface area contributed by atoms with Crippen LogP contribution in [0.1, 0.15) is 91.4 Å². The monoisotopic (exact) mass is 271 g/mol. The molecule has 0 saturated carbocycles. The van der Waals surface area contributed by atoms with Crippen molar-refractivity contribution in [2.45, 2.75) is 91.4 Å². The number of rotatable bonds is 12. The molecule has 0 fully saturated rings. The van der Waals surface area contributed by atoms with Crippen LogP contribution in [0.4, 0.5) is 0 Å². The lowest BCUT2D eigenvalue weighted by atomic mass is 9.79. The van der Waals surface area contributed by atoms with Crippen molar-refractivity contribution in [3.8, 4) is 0 Å². The molecule has 0 aromatic rings. The summed E-state index contributed by atoms with van der Waals surface area (Å²) in [6, 6.07) is 0. The summed E-state index contributed by atoms with van der Waals surface area (Å²) in [6.45, 7) is 6.38. The lowest BCUT2D eigenvalue weighted by Gasteiger charge is -2.27. The minimum Gasteiger partial charge on any atom is -0.289 e. The van der Waals surface area contributed by atoms with Gasteiger partial charge in [-0.25, -0.2) is 5.48 Å². The van der Waals surface area contributed by atoms with Gasteiger partial charge < -0.3 is 0 Å². The molecule has 0 rings (SSSR count). The molecule has 1 amide bonds. The van der Waals surface area contributed by atoms with E-state index in [0.29, 0.717) is 0 Å². The quantitative estimate of drug-likeness (QED) is 0.303. The van der Waals surface area contributed by atoms with Crippen LogP contribution in [0.5, 0.6) is 0 Å². The maximum absolute atomic E-state index is 11.9. The zero-order valence-electron chi connectivity index (χ0n) is 13.1. The fourth-order valence-corrected chi connectivity index (χ4v) is 2.55. The van der Waals surface area contributed by atoms with Crippen molar-refractivity contribution in [2.24, 2.45) is 5.41 Å². The Balaban J connectivity index is 4.08. The summed E-state index contributed by atoms with van der Waals surface area (Å²) in [4.78, 5) is 11.9. The Bertz CT molecular complexity index is 231. The molecule has 3 nitrogen and oxygen atoms in total. The van der Waals surface area contributed by atoms with E-state index >= 15 is 0 Å². The Hall–Kier alpha value is -0.570. The van der Waals surface area contributed by atoms with Crippen molar-refractivity contribution < 1.29 is 10.0 Å². The van der Waals surface area contributed by atoms with Gasteiger partial charge in [0.25, 0.3) is 0 Å². The van der Waals surface area contributed by atoms with Crippen molar-refractivity contribution >= 4 is 5.91 Å². The Morgan fingerprint density at radius 1 is 0.895 bits per heavy atom. The predicted octanol–water partition coefficient (Wildman–Crippen LogP) is 4.83. The summed E-state index contributed by atoms with van der Waals surface area (Å²) in [5.41, 5.74) is 1.47. The van der Waals surface area contributed by atoms with E-state index in [1.54, 1.807) is 0 Å². The lowest BCUT2D eigenvalue weighted by Crippen LogP contribution is -2.37. The lowest BCUT2D eigenvalue weighted by molar-refractivity contribution is -0.140. The second-order valence-corrected chi connectivity index (χ2v) is 5.98. The summed E-state index contributed by atoms with van der Waals surface area (Å²) in [7, 11) is 0. The third-order valence-electron chi connectivity index (χ3n) is 4.06. The van der Waals surface area contributed by atoms with E-state index in [1.807, 2.05) is 12.4 Å². The first kappa shape index (κ1) is 18.4. The van der Waals surface area contributed by atoms with Gasteiger partial charge in [-0.1, -0.05) is 78.6 Å². The maximum atomic E-state index is 11.9. The summed E-state index contributed by atoms with van der Waals surface area (Å²) in [6.07, 6.45) is 12.5. The van der Waals surface area contributed by atoms with Crippen LogP contribution in [0.3, 0.4) is 0 Å². The zero-order chi connectivity index (χ0) is 14.6. The maximum Gasteiger partial charge on any atom is 0.249 e. The third kappa shape index (κ3) is 8.25. The van der Waals surface area contributed by atoms with Crippen LogP contribution >= 0.6 is 0 Å². The fraction of sp³-hybridized carbons (Fsp3) is 0.938. The number of carbonyl (C=O) groups is 1. The second kappa shape index (κ2) is 11.3. The molecule has 2 N–H and O–H groups in total. The average Bonchev–Trinajstić information content (AvgIpc) is 2.42. The van der Waals surface area contributed by atoms with Gasteiger partial charge >= 0.3 is 0 Å². The van der Waals surface area contributed by atoms with Crippen LogP contribution in [0.2, 0.25) is 0 Å². The highest BCUT2D eigenvalue weighted by atomic mass is 16.5. The first-order valence-electron chi connectivity index (χ1n) is 8.05. The number of amides is 1. The van der Waals surface area contributed by atoms with Gasteiger partial charge in [0, 0.05) is 5.41 Å². The van der Waals surface area contributed by atoms with Gasteiger partial charge in [0.1, 0.15) is 0 Å². The molecular formula is C16H33NO2. The minimum absolute atomic E-state index is 0.209. The number of hydrogen-bond donors (Lipinski definition) is 2. The highest BCUT2D eigenvalue weighted by molar-refractivity contribution is 5.80. The number of nitrogens with one attached hydrogen (secondary N) is 1. The Morgan fingerprint density at radius 3 is 1.74 bits per heavy atom. The first-order valence-corrected chi connectivity index (χ1v) is 8.05. The Labute approximate surface area is 119 Å².